The number of nitrogens with one attached hydrogen (secondary N) is 1. The average Bonchev–Trinajstić information content (AvgIpc) is 3.40. The number of aryl methyl sites for hydroxylation is 2. The van der Waals surface area contributed by atoms with Gasteiger partial charge in [-0.25, -0.2) is 9.48 Å². The number of nitriles is 1. The second-order valence-electron chi connectivity index (χ2n) is 12.0. The molecule has 0 bridgehead atoms. The van der Waals surface area contributed by atoms with Gasteiger partial charge in [-0.3, -0.25) is 4.90 Å². The summed E-state index contributed by atoms with van der Waals surface area (Å²) in [6.45, 7) is 7.33. The maximum atomic E-state index is 12.9. The zero-order valence-corrected chi connectivity index (χ0v) is 24.8. The topological polar surface area (TPSA) is 107 Å². The number of hydrogen-bond acceptors (Lipinski definition) is 5. The van der Waals surface area contributed by atoms with Gasteiger partial charge in [-0.1, -0.05) is 54.6 Å². The van der Waals surface area contributed by atoms with Crippen molar-refractivity contribution in [2.24, 2.45) is 0 Å². The molecular weight excluding hydrogens is 524 g/mol. The zero-order chi connectivity index (χ0) is 29.7. The molecule has 1 aromatic heterocycles. The molecule has 1 fully saturated rings. The van der Waals surface area contributed by atoms with Gasteiger partial charge in [-0.15, -0.1) is 5.10 Å². The molecule has 2 N–H and O–H groups in total. The second kappa shape index (κ2) is 12.7. The number of rotatable bonds is 10. The van der Waals surface area contributed by atoms with E-state index in [2.05, 4.69) is 60.7 Å². The fourth-order valence-corrected chi connectivity index (χ4v) is 6.02. The number of hydrogen-bond donors (Lipinski definition) is 2. The maximum Gasteiger partial charge on any atom is 0.412 e. The predicted molar refractivity (Wildman–Crippen MR) is 166 cm³/mol. The Bertz CT molecular complexity index is 1560. The van der Waals surface area contributed by atoms with E-state index in [0.29, 0.717) is 23.7 Å². The van der Waals surface area contributed by atoms with Gasteiger partial charge in [-0.2, -0.15) is 5.26 Å². The standard InChI is InChI=1S/C34H40N6O2/c1-4-34(2,3)36-27-14-16-28(17-15-27)40(33(41)42)32-22-24(12-18-29(32)26-10-6-5-7-11-26)9-8-20-39-31-19-13-25(23-35)21-30(31)37-38-39/h5-7,10-13,18-19,21-22,27-28,36H,4,8-9,14-17,20H2,1-3H3,(H,41,42). The molecule has 1 amide bonds. The molecule has 8 heteroatoms. The summed E-state index contributed by atoms with van der Waals surface area (Å²) < 4.78 is 1.87. The number of nitrogens with zero attached hydrogens (tertiary/aromatic N) is 5. The fourth-order valence-electron chi connectivity index (χ4n) is 6.02. The number of amides is 1. The molecule has 5 rings (SSSR count). The summed E-state index contributed by atoms with van der Waals surface area (Å²) in [6, 6.07) is 24.2. The quantitative estimate of drug-likeness (QED) is 0.211. The Labute approximate surface area is 248 Å². The van der Waals surface area contributed by atoms with E-state index in [0.717, 1.165) is 72.8 Å². The van der Waals surface area contributed by atoms with Crippen molar-refractivity contribution in [3.63, 3.8) is 0 Å². The number of carboxylic acid groups (broad SMARTS) is 1. The Morgan fingerprint density at radius 3 is 2.55 bits per heavy atom. The van der Waals surface area contributed by atoms with Crippen molar-refractivity contribution in [3.8, 4) is 17.2 Å². The highest BCUT2D eigenvalue weighted by atomic mass is 16.4. The highest BCUT2D eigenvalue weighted by Crippen LogP contribution is 2.37. The molecule has 1 aliphatic carbocycles. The summed E-state index contributed by atoms with van der Waals surface area (Å²) in [5.41, 5.74) is 6.05. The summed E-state index contributed by atoms with van der Waals surface area (Å²) in [5.74, 6) is 0. The van der Waals surface area contributed by atoms with E-state index in [1.54, 1.807) is 17.0 Å². The summed E-state index contributed by atoms with van der Waals surface area (Å²) >= 11 is 0. The van der Waals surface area contributed by atoms with Crippen LogP contribution in [0.5, 0.6) is 0 Å². The van der Waals surface area contributed by atoms with Crippen LogP contribution < -0.4 is 10.2 Å². The SMILES string of the molecule is CCC(C)(C)NC1CCC(N(C(=O)O)c2cc(CCCn3nnc4cc(C#N)ccc43)ccc2-c2ccccc2)CC1. The van der Waals surface area contributed by atoms with Crippen LogP contribution in [0.3, 0.4) is 0 Å². The van der Waals surface area contributed by atoms with Crippen LogP contribution in [0.2, 0.25) is 0 Å². The highest BCUT2D eigenvalue weighted by molar-refractivity contribution is 5.93. The average molecular weight is 565 g/mol. The lowest BCUT2D eigenvalue weighted by Gasteiger charge is -2.39. The molecule has 0 saturated heterocycles. The van der Waals surface area contributed by atoms with Gasteiger partial charge in [0.15, 0.2) is 0 Å². The lowest BCUT2D eigenvalue weighted by Crippen LogP contribution is -2.50. The number of anilines is 1. The van der Waals surface area contributed by atoms with E-state index in [9.17, 15) is 9.90 Å². The molecule has 0 atom stereocenters. The molecule has 8 nitrogen and oxygen atoms in total. The maximum absolute atomic E-state index is 12.9. The van der Waals surface area contributed by atoms with Crippen molar-refractivity contribution in [3.05, 3.63) is 77.9 Å². The molecule has 1 saturated carbocycles. The van der Waals surface area contributed by atoms with Crippen molar-refractivity contribution in [2.75, 3.05) is 4.90 Å². The zero-order valence-electron chi connectivity index (χ0n) is 24.8. The number of aromatic nitrogens is 3. The minimum absolute atomic E-state index is 0.0668. The van der Waals surface area contributed by atoms with Crippen LogP contribution >= 0.6 is 0 Å². The molecule has 0 aliphatic heterocycles. The molecule has 3 aromatic carbocycles. The van der Waals surface area contributed by atoms with E-state index < -0.39 is 6.09 Å². The summed E-state index contributed by atoms with van der Waals surface area (Å²) in [4.78, 5) is 14.5. The number of carbonyl (C=O) groups is 1. The summed E-state index contributed by atoms with van der Waals surface area (Å²) in [5, 5.41) is 32.0. The van der Waals surface area contributed by atoms with Gasteiger partial charge in [0.2, 0.25) is 0 Å². The smallest absolute Gasteiger partial charge is 0.412 e. The third-order valence-electron chi connectivity index (χ3n) is 8.63. The molecule has 42 heavy (non-hydrogen) atoms. The fraction of sp³-hybridized carbons (Fsp3) is 0.412. The summed E-state index contributed by atoms with van der Waals surface area (Å²) in [7, 11) is 0. The highest BCUT2D eigenvalue weighted by Gasteiger charge is 2.33. The minimum Gasteiger partial charge on any atom is -0.465 e. The third-order valence-corrected chi connectivity index (χ3v) is 8.63. The van der Waals surface area contributed by atoms with E-state index in [1.165, 1.54) is 0 Å². The van der Waals surface area contributed by atoms with Crippen molar-refractivity contribution >= 4 is 22.8 Å². The van der Waals surface area contributed by atoms with Crippen LogP contribution in [-0.4, -0.2) is 43.8 Å². The van der Waals surface area contributed by atoms with Gasteiger partial charge in [0.05, 0.1) is 22.8 Å². The van der Waals surface area contributed by atoms with Crippen molar-refractivity contribution in [1.82, 2.24) is 20.3 Å². The Morgan fingerprint density at radius 2 is 1.86 bits per heavy atom. The first kappa shape index (κ1) is 29.3. The van der Waals surface area contributed by atoms with Crippen LogP contribution in [0.15, 0.2) is 66.7 Å². The molecule has 1 aliphatic rings. The predicted octanol–water partition coefficient (Wildman–Crippen LogP) is 7.18. The lowest BCUT2D eigenvalue weighted by molar-refractivity contribution is 0.192. The first-order valence-corrected chi connectivity index (χ1v) is 15.0. The Kier molecular flexibility index (Phi) is 8.89. The van der Waals surface area contributed by atoms with E-state index in [1.807, 2.05) is 41.1 Å². The van der Waals surface area contributed by atoms with Gasteiger partial charge >= 0.3 is 6.09 Å². The molecule has 0 radical (unpaired) electrons. The largest absolute Gasteiger partial charge is 0.465 e. The molecule has 1 heterocycles. The lowest BCUT2D eigenvalue weighted by atomic mass is 9.87. The van der Waals surface area contributed by atoms with Crippen LogP contribution in [0.4, 0.5) is 10.5 Å². The van der Waals surface area contributed by atoms with Crippen LogP contribution in [0.25, 0.3) is 22.2 Å². The van der Waals surface area contributed by atoms with Gasteiger partial charge in [0.25, 0.3) is 0 Å². The summed E-state index contributed by atoms with van der Waals surface area (Å²) in [6.07, 6.45) is 5.32. The molecular formula is C34H40N6O2. The first-order chi connectivity index (χ1) is 20.3. The normalized spacial score (nSPS) is 17.2. The van der Waals surface area contributed by atoms with Gasteiger partial charge in [0, 0.05) is 29.7 Å². The van der Waals surface area contributed by atoms with E-state index in [4.69, 9.17) is 5.26 Å². The molecule has 218 valence electrons. The van der Waals surface area contributed by atoms with Crippen LogP contribution in [-0.2, 0) is 13.0 Å². The monoisotopic (exact) mass is 564 g/mol. The Hall–Kier alpha value is -4.22. The Balaban J connectivity index is 1.36. The van der Waals surface area contributed by atoms with Gasteiger partial charge in [-0.05, 0) is 94.2 Å². The number of benzene rings is 3. The van der Waals surface area contributed by atoms with Gasteiger partial charge < -0.3 is 10.4 Å². The Morgan fingerprint density at radius 1 is 1.10 bits per heavy atom. The van der Waals surface area contributed by atoms with E-state index in [-0.39, 0.29) is 11.6 Å². The van der Waals surface area contributed by atoms with Crippen molar-refractivity contribution in [2.45, 2.75) is 89.9 Å². The van der Waals surface area contributed by atoms with Crippen molar-refractivity contribution in [1.29, 1.82) is 5.26 Å². The third kappa shape index (κ3) is 6.63. The van der Waals surface area contributed by atoms with Gasteiger partial charge in [0.1, 0.15) is 5.52 Å². The van der Waals surface area contributed by atoms with E-state index >= 15 is 0 Å². The molecule has 0 spiro atoms. The number of fused-ring (bicyclic) bond motifs is 1. The molecule has 4 aromatic rings. The van der Waals surface area contributed by atoms with Crippen LogP contribution in [0, 0.1) is 11.3 Å². The van der Waals surface area contributed by atoms with Crippen LogP contribution in [0.1, 0.15) is 70.4 Å². The van der Waals surface area contributed by atoms with Crippen molar-refractivity contribution < 1.29 is 9.90 Å². The second-order valence-corrected chi connectivity index (χ2v) is 12.0. The molecule has 0 unspecified atom stereocenters. The minimum atomic E-state index is -0.902. The first-order valence-electron chi connectivity index (χ1n) is 15.0.